The highest BCUT2D eigenvalue weighted by atomic mass is 16.5. The Kier molecular flexibility index (Phi) is 2.66. The van der Waals surface area contributed by atoms with Crippen LogP contribution < -0.4 is 4.74 Å². The van der Waals surface area contributed by atoms with Gasteiger partial charge in [-0.2, -0.15) is 5.10 Å². The van der Waals surface area contributed by atoms with Crippen LogP contribution >= 0.6 is 0 Å². The zero-order valence-electron chi connectivity index (χ0n) is 11.3. The van der Waals surface area contributed by atoms with E-state index in [-0.39, 0.29) is 11.9 Å². The molecule has 0 N–H and O–H groups in total. The van der Waals surface area contributed by atoms with E-state index in [1.807, 2.05) is 39.1 Å². The first kappa shape index (κ1) is 12.0. The standard InChI is InChI=1S/C15H16N2O2/c1-9-4-5-14-11(6-9)13(18)7-15(19-14)12-8-16-17(3)10(12)2/h4-6,8,15H,7H2,1-3H3. The lowest BCUT2D eigenvalue weighted by Crippen LogP contribution is -2.20. The molecule has 1 aromatic carbocycles. The van der Waals surface area contributed by atoms with Gasteiger partial charge in [0.05, 0.1) is 18.2 Å². The van der Waals surface area contributed by atoms with Crippen molar-refractivity contribution < 1.29 is 9.53 Å². The minimum absolute atomic E-state index is 0.137. The minimum Gasteiger partial charge on any atom is -0.484 e. The van der Waals surface area contributed by atoms with Crippen LogP contribution in [-0.4, -0.2) is 15.6 Å². The van der Waals surface area contributed by atoms with E-state index in [4.69, 9.17) is 4.74 Å². The third kappa shape index (κ3) is 1.93. The summed E-state index contributed by atoms with van der Waals surface area (Å²) in [5, 5.41) is 4.21. The van der Waals surface area contributed by atoms with Crippen molar-refractivity contribution in [2.24, 2.45) is 7.05 Å². The van der Waals surface area contributed by atoms with Crippen molar-refractivity contribution in [3.8, 4) is 5.75 Å². The first-order valence-corrected chi connectivity index (χ1v) is 6.35. The number of hydrogen-bond donors (Lipinski definition) is 0. The highest BCUT2D eigenvalue weighted by molar-refractivity contribution is 6.00. The van der Waals surface area contributed by atoms with Crippen molar-refractivity contribution in [1.29, 1.82) is 0 Å². The Morgan fingerprint density at radius 1 is 1.37 bits per heavy atom. The van der Waals surface area contributed by atoms with E-state index in [0.29, 0.717) is 17.7 Å². The molecule has 1 unspecified atom stereocenters. The van der Waals surface area contributed by atoms with Crippen LogP contribution in [0.5, 0.6) is 5.75 Å². The fraction of sp³-hybridized carbons (Fsp3) is 0.333. The van der Waals surface area contributed by atoms with Gasteiger partial charge in [-0.05, 0) is 26.0 Å². The van der Waals surface area contributed by atoms with Gasteiger partial charge in [-0.1, -0.05) is 11.6 Å². The van der Waals surface area contributed by atoms with Crippen molar-refractivity contribution in [2.75, 3.05) is 0 Å². The molecule has 2 aromatic rings. The van der Waals surface area contributed by atoms with E-state index in [1.54, 1.807) is 10.9 Å². The summed E-state index contributed by atoms with van der Waals surface area (Å²) in [5.41, 5.74) is 3.79. The van der Waals surface area contributed by atoms with Crippen LogP contribution in [0.2, 0.25) is 0 Å². The van der Waals surface area contributed by atoms with Crippen molar-refractivity contribution in [3.63, 3.8) is 0 Å². The number of Topliss-reactive ketones (excluding diaryl/α,β-unsaturated/α-hetero) is 1. The van der Waals surface area contributed by atoms with Crippen molar-refractivity contribution in [1.82, 2.24) is 9.78 Å². The van der Waals surface area contributed by atoms with E-state index in [0.717, 1.165) is 16.8 Å². The third-order valence-electron chi connectivity index (χ3n) is 3.70. The fourth-order valence-corrected chi connectivity index (χ4v) is 2.44. The molecule has 0 aliphatic carbocycles. The average Bonchev–Trinajstić information content (AvgIpc) is 2.71. The van der Waals surface area contributed by atoms with E-state index in [1.165, 1.54) is 0 Å². The Balaban J connectivity index is 1.99. The second-order valence-electron chi connectivity index (χ2n) is 5.04. The summed E-state index contributed by atoms with van der Waals surface area (Å²) in [6.07, 6.45) is 1.94. The van der Waals surface area contributed by atoms with Gasteiger partial charge in [-0.25, -0.2) is 0 Å². The van der Waals surface area contributed by atoms with Crippen LogP contribution in [0.3, 0.4) is 0 Å². The molecular formula is C15H16N2O2. The maximum atomic E-state index is 12.2. The maximum absolute atomic E-state index is 12.2. The van der Waals surface area contributed by atoms with E-state index in [2.05, 4.69) is 5.10 Å². The van der Waals surface area contributed by atoms with Crippen LogP contribution in [0.15, 0.2) is 24.4 Å². The van der Waals surface area contributed by atoms with Gasteiger partial charge in [0.15, 0.2) is 5.78 Å². The molecule has 0 amide bonds. The maximum Gasteiger partial charge on any atom is 0.170 e. The third-order valence-corrected chi connectivity index (χ3v) is 3.70. The van der Waals surface area contributed by atoms with Crippen molar-refractivity contribution in [2.45, 2.75) is 26.4 Å². The number of carbonyl (C=O) groups excluding carboxylic acids is 1. The molecule has 4 heteroatoms. The molecule has 1 aromatic heterocycles. The van der Waals surface area contributed by atoms with Crippen LogP contribution in [0.4, 0.5) is 0 Å². The van der Waals surface area contributed by atoms with Gasteiger partial charge >= 0.3 is 0 Å². The fourth-order valence-electron chi connectivity index (χ4n) is 2.44. The SMILES string of the molecule is Cc1ccc2c(c1)C(=O)CC(c1cnn(C)c1C)O2. The lowest BCUT2D eigenvalue weighted by atomic mass is 9.95. The van der Waals surface area contributed by atoms with Gasteiger partial charge in [-0.15, -0.1) is 0 Å². The second-order valence-corrected chi connectivity index (χ2v) is 5.04. The second kappa shape index (κ2) is 4.23. The summed E-state index contributed by atoms with van der Waals surface area (Å²) < 4.78 is 7.76. The molecule has 1 aliphatic rings. The van der Waals surface area contributed by atoms with Crippen LogP contribution in [0.25, 0.3) is 0 Å². The summed E-state index contributed by atoms with van der Waals surface area (Å²) >= 11 is 0. The first-order valence-electron chi connectivity index (χ1n) is 6.35. The topological polar surface area (TPSA) is 44.1 Å². The molecule has 4 nitrogen and oxygen atoms in total. The predicted octanol–water partition coefficient (Wildman–Crippen LogP) is 2.74. The molecular weight excluding hydrogens is 240 g/mol. The molecule has 0 radical (unpaired) electrons. The quantitative estimate of drug-likeness (QED) is 0.788. The van der Waals surface area contributed by atoms with E-state index < -0.39 is 0 Å². The van der Waals surface area contributed by atoms with Gasteiger partial charge in [0, 0.05) is 18.3 Å². The smallest absolute Gasteiger partial charge is 0.170 e. The lowest BCUT2D eigenvalue weighted by molar-refractivity contribution is 0.0849. The summed E-state index contributed by atoms with van der Waals surface area (Å²) in [7, 11) is 1.89. The largest absolute Gasteiger partial charge is 0.484 e. The Hall–Kier alpha value is -2.10. The zero-order valence-corrected chi connectivity index (χ0v) is 11.3. The molecule has 0 saturated heterocycles. The number of fused-ring (bicyclic) bond motifs is 1. The molecule has 2 heterocycles. The Morgan fingerprint density at radius 3 is 2.84 bits per heavy atom. The number of ketones is 1. The first-order chi connectivity index (χ1) is 9.06. The number of rotatable bonds is 1. The number of nitrogens with zero attached hydrogens (tertiary/aromatic N) is 2. The number of ether oxygens (including phenoxy) is 1. The minimum atomic E-state index is -0.226. The summed E-state index contributed by atoms with van der Waals surface area (Å²) in [6, 6.07) is 5.73. The van der Waals surface area contributed by atoms with Crippen molar-refractivity contribution in [3.05, 3.63) is 46.8 Å². The Labute approximate surface area is 112 Å². The summed E-state index contributed by atoms with van der Waals surface area (Å²) in [5.74, 6) is 0.813. The predicted molar refractivity (Wildman–Crippen MR) is 71.4 cm³/mol. The molecule has 98 valence electrons. The van der Waals surface area contributed by atoms with E-state index in [9.17, 15) is 4.79 Å². The number of carbonyl (C=O) groups is 1. The van der Waals surface area contributed by atoms with Crippen molar-refractivity contribution >= 4 is 5.78 Å². The monoisotopic (exact) mass is 256 g/mol. The van der Waals surface area contributed by atoms with Crippen LogP contribution in [-0.2, 0) is 7.05 Å². The number of aromatic nitrogens is 2. The molecule has 0 fully saturated rings. The Morgan fingerprint density at radius 2 is 2.16 bits per heavy atom. The molecule has 0 spiro atoms. The summed E-state index contributed by atoms with van der Waals surface area (Å²) in [6.45, 7) is 3.96. The van der Waals surface area contributed by atoms with Crippen LogP contribution in [0, 0.1) is 13.8 Å². The van der Waals surface area contributed by atoms with Gasteiger partial charge in [-0.3, -0.25) is 9.48 Å². The molecule has 19 heavy (non-hydrogen) atoms. The normalized spacial score (nSPS) is 18.1. The van der Waals surface area contributed by atoms with Crippen LogP contribution in [0.1, 0.15) is 39.7 Å². The van der Waals surface area contributed by atoms with Gasteiger partial charge in [0.25, 0.3) is 0 Å². The number of hydrogen-bond acceptors (Lipinski definition) is 3. The van der Waals surface area contributed by atoms with Gasteiger partial charge < -0.3 is 4.74 Å². The zero-order chi connectivity index (χ0) is 13.6. The summed E-state index contributed by atoms with van der Waals surface area (Å²) in [4.78, 5) is 12.2. The lowest BCUT2D eigenvalue weighted by Gasteiger charge is -2.25. The average molecular weight is 256 g/mol. The molecule has 0 saturated carbocycles. The molecule has 3 rings (SSSR count). The highest BCUT2D eigenvalue weighted by Crippen LogP contribution is 2.36. The Bertz CT molecular complexity index is 658. The molecule has 1 aliphatic heterocycles. The number of aryl methyl sites for hydroxylation is 2. The van der Waals surface area contributed by atoms with Gasteiger partial charge in [0.1, 0.15) is 11.9 Å². The molecule has 0 bridgehead atoms. The number of benzene rings is 1. The molecule has 1 atom stereocenters. The van der Waals surface area contributed by atoms with Gasteiger partial charge in [0.2, 0.25) is 0 Å². The van der Waals surface area contributed by atoms with E-state index >= 15 is 0 Å². The highest BCUT2D eigenvalue weighted by Gasteiger charge is 2.29.